The molecule has 2 N–H and O–H groups in total. The van der Waals surface area contributed by atoms with Crippen LogP contribution in [-0.4, -0.2) is 26.5 Å². The van der Waals surface area contributed by atoms with E-state index in [1.165, 1.54) is 96.3 Å². The Hall–Kier alpha value is -4.38. The Kier molecular flexibility index (Phi) is 12.9. The standard InChI is InChI=1S/C44H54N4O/c1-2-3-4-5-6-7-8-9-10-11-12-13-14-15-16-17-28-49-42-26-18-34(19-27-42)43-32-41-31-39-23-22-37(46-39)29-35-20-21-36(45-35)30-38-24-25-40(47-38)33-44(43)48-41/h18-27,29-33,45,48H,2-17,28H2,1H3. The van der Waals surface area contributed by atoms with E-state index in [1.54, 1.807) is 0 Å². The smallest absolute Gasteiger partial charge is 0.119 e. The molecule has 5 heteroatoms. The van der Waals surface area contributed by atoms with Crippen LogP contribution in [0.2, 0.25) is 0 Å². The van der Waals surface area contributed by atoms with E-state index in [1.807, 2.05) is 6.08 Å². The summed E-state index contributed by atoms with van der Waals surface area (Å²) in [6.07, 6.45) is 30.3. The van der Waals surface area contributed by atoms with Gasteiger partial charge in [-0.3, -0.25) is 0 Å². The van der Waals surface area contributed by atoms with E-state index < -0.39 is 0 Å². The summed E-state index contributed by atoms with van der Waals surface area (Å²) < 4.78 is 6.13. The quantitative estimate of drug-likeness (QED) is 0.0854. The van der Waals surface area contributed by atoms with Gasteiger partial charge in [0.05, 0.1) is 29.4 Å². The maximum absolute atomic E-state index is 6.13. The van der Waals surface area contributed by atoms with Crippen molar-refractivity contribution in [1.29, 1.82) is 0 Å². The maximum atomic E-state index is 6.13. The van der Waals surface area contributed by atoms with Gasteiger partial charge in [0.25, 0.3) is 0 Å². The third-order valence-electron chi connectivity index (χ3n) is 9.60. The SMILES string of the molecule is CCCCCCCCCCCCCCCCCCOc1ccc(-c2cc3cc4nc(cc5ccc(cc6nc(cc2[nH]3)C=C6)[nH]5)C=C4)cc1. The summed E-state index contributed by atoms with van der Waals surface area (Å²) in [5, 5.41) is 0. The number of fused-ring (bicyclic) bond motifs is 8. The predicted molar refractivity (Wildman–Crippen MR) is 209 cm³/mol. The van der Waals surface area contributed by atoms with Crippen LogP contribution in [0.1, 0.15) is 132 Å². The molecule has 49 heavy (non-hydrogen) atoms. The molecule has 2 aliphatic rings. The highest BCUT2D eigenvalue weighted by molar-refractivity contribution is 5.88. The molecule has 0 spiro atoms. The molecule has 0 radical (unpaired) electrons. The molecule has 3 aromatic heterocycles. The molecule has 256 valence electrons. The zero-order valence-corrected chi connectivity index (χ0v) is 29.5. The number of rotatable bonds is 19. The number of unbranched alkanes of at least 4 members (excludes halogenated alkanes) is 15. The number of aromatic amines is 2. The lowest BCUT2D eigenvalue weighted by molar-refractivity contribution is 0.304. The summed E-state index contributed by atoms with van der Waals surface area (Å²) >= 11 is 0. The van der Waals surface area contributed by atoms with Gasteiger partial charge < -0.3 is 14.7 Å². The van der Waals surface area contributed by atoms with Crippen molar-refractivity contribution in [2.75, 3.05) is 6.61 Å². The maximum Gasteiger partial charge on any atom is 0.119 e. The number of hydrogen-bond donors (Lipinski definition) is 2. The van der Waals surface area contributed by atoms with Gasteiger partial charge in [-0.15, -0.1) is 0 Å². The van der Waals surface area contributed by atoms with Crippen molar-refractivity contribution in [3.8, 4) is 16.9 Å². The second-order valence-corrected chi connectivity index (χ2v) is 13.8. The summed E-state index contributed by atoms with van der Waals surface area (Å²) in [7, 11) is 0. The van der Waals surface area contributed by atoms with Crippen molar-refractivity contribution >= 4 is 46.4 Å². The largest absolute Gasteiger partial charge is 0.494 e. The number of H-pyrrole nitrogens is 2. The van der Waals surface area contributed by atoms with Gasteiger partial charge in [-0.1, -0.05) is 115 Å². The first kappa shape index (κ1) is 34.5. The minimum atomic E-state index is 0.776. The molecule has 6 rings (SSSR count). The Labute approximate surface area is 293 Å². The van der Waals surface area contributed by atoms with Gasteiger partial charge in [0, 0.05) is 27.6 Å². The first-order chi connectivity index (χ1) is 24.2. The second kappa shape index (κ2) is 18.4. The molecule has 5 nitrogen and oxygen atoms in total. The normalized spacial score (nSPS) is 12.2. The first-order valence-electron chi connectivity index (χ1n) is 19.0. The topological polar surface area (TPSA) is 66.6 Å². The molecule has 0 atom stereocenters. The van der Waals surface area contributed by atoms with Gasteiger partial charge in [-0.2, -0.15) is 0 Å². The van der Waals surface area contributed by atoms with E-state index in [-0.39, 0.29) is 0 Å². The van der Waals surface area contributed by atoms with Gasteiger partial charge in [0.15, 0.2) is 0 Å². The van der Waals surface area contributed by atoms with Gasteiger partial charge >= 0.3 is 0 Å². The predicted octanol–water partition coefficient (Wildman–Crippen LogP) is 13.0. The highest BCUT2D eigenvalue weighted by Crippen LogP contribution is 2.29. The molecule has 0 aliphatic carbocycles. The number of hydrogen-bond acceptors (Lipinski definition) is 3. The highest BCUT2D eigenvalue weighted by Gasteiger charge is 2.08. The fourth-order valence-corrected chi connectivity index (χ4v) is 6.83. The van der Waals surface area contributed by atoms with E-state index in [0.29, 0.717) is 0 Å². The number of ether oxygens (including phenoxy) is 1. The number of benzene rings is 1. The molecule has 4 aromatic rings. The lowest BCUT2D eigenvalue weighted by Crippen LogP contribution is -1.97. The van der Waals surface area contributed by atoms with Crippen LogP contribution in [-0.2, 0) is 0 Å². The second-order valence-electron chi connectivity index (χ2n) is 13.8. The summed E-state index contributed by atoms with van der Waals surface area (Å²) in [4.78, 5) is 16.7. The van der Waals surface area contributed by atoms with Crippen LogP contribution in [0.5, 0.6) is 5.75 Å². The molecule has 8 bridgehead atoms. The summed E-state index contributed by atoms with van der Waals surface area (Å²) in [5.74, 6) is 0.929. The van der Waals surface area contributed by atoms with Crippen LogP contribution in [0, 0.1) is 0 Å². The van der Waals surface area contributed by atoms with E-state index in [2.05, 4.69) is 102 Å². The van der Waals surface area contributed by atoms with Crippen molar-refractivity contribution in [3.63, 3.8) is 0 Å². The Morgan fingerprint density at radius 2 is 0.939 bits per heavy atom. The van der Waals surface area contributed by atoms with Crippen LogP contribution < -0.4 is 4.74 Å². The fraction of sp³-hybridized carbons (Fsp3) is 0.409. The molecule has 0 saturated heterocycles. The van der Waals surface area contributed by atoms with E-state index in [9.17, 15) is 0 Å². The average molecular weight is 655 g/mol. The molecule has 0 amide bonds. The van der Waals surface area contributed by atoms with Gasteiger partial charge in [0.1, 0.15) is 5.75 Å². The van der Waals surface area contributed by atoms with Gasteiger partial charge in [-0.05, 0) is 90.9 Å². The van der Waals surface area contributed by atoms with Crippen LogP contribution in [0.3, 0.4) is 0 Å². The zero-order chi connectivity index (χ0) is 33.5. The molecule has 0 saturated carbocycles. The van der Waals surface area contributed by atoms with E-state index in [4.69, 9.17) is 14.7 Å². The number of nitrogens with one attached hydrogen (secondary N) is 2. The van der Waals surface area contributed by atoms with Crippen LogP contribution in [0.4, 0.5) is 0 Å². The summed E-state index contributed by atoms with van der Waals surface area (Å²) in [6, 6.07) is 23.2. The van der Waals surface area contributed by atoms with E-state index >= 15 is 0 Å². The number of aromatic nitrogens is 4. The Balaban J connectivity index is 0.981. The Morgan fingerprint density at radius 3 is 1.47 bits per heavy atom. The van der Waals surface area contributed by atoms with Crippen molar-refractivity contribution < 1.29 is 4.74 Å². The van der Waals surface area contributed by atoms with Gasteiger partial charge in [0.2, 0.25) is 0 Å². The lowest BCUT2D eigenvalue weighted by atomic mass is 10.0. The Bertz CT molecular complexity index is 1840. The fourth-order valence-electron chi connectivity index (χ4n) is 6.83. The van der Waals surface area contributed by atoms with Crippen LogP contribution in [0.15, 0.2) is 66.7 Å². The summed E-state index contributed by atoms with van der Waals surface area (Å²) in [5.41, 5.74) is 10.00. The monoisotopic (exact) mass is 654 g/mol. The minimum absolute atomic E-state index is 0.776. The molecule has 1 aromatic carbocycles. The van der Waals surface area contributed by atoms with Crippen LogP contribution >= 0.6 is 0 Å². The summed E-state index contributed by atoms with van der Waals surface area (Å²) in [6.45, 7) is 3.07. The molecule has 2 aliphatic heterocycles. The molecule has 0 unspecified atom stereocenters. The molecular formula is C44H54N4O. The van der Waals surface area contributed by atoms with Crippen molar-refractivity contribution in [1.82, 2.24) is 19.9 Å². The van der Waals surface area contributed by atoms with Gasteiger partial charge in [-0.25, -0.2) is 9.97 Å². The number of nitrogens with zero attached hydrogens (tertiary/aromatic N) is 2. The zero-order valence-electron chi connectivity index (χ0n) is 29.5. The third-order valence-corrected chi connectivity index (χ3v) is 9.60. The Morgan fingerprint density at radius 1 is 0.469 bits per heavy atom. The average Bonchev–Trinajstić information content (AvgIpc) is 3.93. The highest BCUT2D eigenvalue weighted by atomic mass is 16.5. The van der Waals surface area contributed by atoms with E-state index in [0.717, 1.165) is 74.7 Å². The van der Waals surface area contributed by atoms with Crippen molar-refractivity contribution in [2.45, 2.75) is 110 Å². The molecule has 0 fully saturated rings. The van der Waals surface area contributed by atoms with Crippen molar-refractivity contribution in [3.05, 3.63) is 89.5 Å². The first-order valence-corrected chi connectivity index (χ1v) is 19.0. The lowest BCUT2D eigenvalue weighted by Gasteiger charge is -2.07. The molecule has 5 heterocycles. The van der Waals surface area contributed by atoms with Crippen LogP contribution in [0.25, 0.3) is 57.5 Å². The minimum Gasteiger partial charge on any atom is -0.494 e. The van der Waals surface area contributed by atoms with Crippen molar-refractivity contribution in [2.24, 2.45) is 0 Å². The third kappa shape index (κ3) is 10.8. The molecular weight excluding hydrogens is 601 g/mol.